The number of guanidine groups is 2. The minimum atomic E-state index is -1.91. The van der Waals surface area contributed by atoms with Crippen LogP contribution in [0.4, 0.5) is 0 Å². The SMILES string of the molecule is CC[C@H](C)[C@H](NC(=O)[C@H](CC1CCCCC1)NC(=O)[C@H](CCCN=C(N)N)NC(=O)[C@H](CC(C)C)NC(=O)[C@H](CCCCC(=N)N)NC(=O)[C@H](CO)NC(=O)[C@@H](NC(=O)[C@H](CC(C)C)NC(=O)[C@@H](CC(=O)[C@H](C)NC(=O)[C@@H]1CCCN1C(=O)[C@H](CCCN=C(N)N)NC(=O)[C@H](C)NC(=O)C(N)CCC(=O)O)CC(C)C)C(C)O)C(=O)N1CCC[C@H]1C(=O)N[C@@H](CCCCN)C(=O)O. The quantitative estimate of drug-likeness (QED) is 0.0163. The zero-order valence-corrected chi connectivity index (χ0v) is 78.8. The molecule has 2 heterocycles. The van der Waals surface area contributed by atoms with E-state index < -0.39 is 228 Å². The Hall–Kier alpha value is -11.0. The molecule has 0 aromatic rings. The molecule has 0 radical (unpaired) electrons. The molecule has 2 unspecified atom stereocenters. The number of nitrogens with zero attached hydrogens (tertiary/aromatic N) is 4. The van der Waals surface area contributed by atoms with Gasteiger partial charge >= 0.3 is 11.9 Å². The number of aliphatic carboxylic acids is 2. The van der Waals surface area contributed by atoms with E-state index in [-0.39, 0.29) is 170 Å². The van der Waals surface area contributed by atoms with Gasteiger partial charge in [-0.25, -0.2) is 4.79 Å². The van der Waals surface area contributed by atoms with E-state index in [0.29, 0.717) is 38.6 Å². The smallest absolute Gasteiger partial charge is 0.326 e. The molecule has 18 atom stereocenters. The number of aliphatic imine (C=N–C) groups is 2. The molecule has 2 saturated heterocycles. The molecule has 0 bridgehead atoms. The Morgan fingerprint density at radius 1 is 0.432 bits per heavy atom. The van der Waals surface area contributed by atoms with E-state index in [2.05, 4.69) is 73.8 Å². The molecular formula is C87H154N24O21. The molecule has 3 rings (SSSR count). The molecule has 3 aliphatic rings. The van der Waals surface area contributed by atoms with Crippen molar-refractivity contribution in [2.45, 2.75) is 353 Å². The average Bonchev–Trinajstić information content (AvgIpc) is 1.65. The van der Waals surface area contributed by atoms with Crippen molar-refractivity contribution in [3.8, 4) is 0 Å². The highest BCUT2D eigenvalue weighted by Gasteiger charge is 2.45. The number of Topliss-reactive ketones (excluding diaryl/α,β-unsaturated/α-hetero) is 1. The predicted octanol–water partition coefficient (Wildman–Crippen LogP) is -3.06. The standard InChI is InChI=1S/C87H154N24O21/c1-12-49(8)69(84(130)111-39-23-31-65(111)81(127)103-59(85(131)132)27-18-19-35-88)108-78(124)62(43-53-24-14-13-15-25-53)106-75(121)57(28-20-36-96-86(92)93)100-76(122)60(41-47(4)5)105-74(120)56(26-16-17-32-67(90)91)101-79(125)63(45-112)107-82(128)70(52(11)113)109-77(123)61(42-48(6)7)104-72(118)54(40-46(2)3)44-66(114)50(9)98-80(126)64-30-22-38-110(64)83(129)58(29-21-37-97-87(94)95)102-71(117)51(10)99-73(119)55(89)33-34-68(115)116/h46-65,69-70,112-113H,12-45,88-89H2,1-11H3,(H3,90,91)(H,98,126)(H,99,119)(H,100,122)(H,101,125)(H,102,117)(H,103,127)(H,104,118)(H,105,120)(H,106,121)(H,107,128)(H,108,124)(H,109,123)(H,115,116)(H,131,132)(H4,92,93,96)(H4,94,95,97)/t49-,50-,51-,52?,54+,55?,56-,57-,58-,59-,60-,61-,62-,63-,64-,65-,69-,70-/m0/s1. The van der Waals surface area contributed by atoms with E-state index >= 15 is 4.79 Å². The lowest BCUT2D eigenvalue weighted by Gasteiger charge is -2.34. The number of rotatable bonds is 62. The Kier molecular flexibility index (Phi) is 52.0. The summed E-state index contributed by atoms with van der Waals surface area (Å²) in [7, 11) is 0. The first-order valence-electron chi connectivity index (χ1n) is 46.6. The molecular weight excluding hydrogens is 1720 g/mol. The summed E-state index contributed by atoms with van der Waals surface area (Å²) in [6.45, 7) is 17.4. The van der Waals surface area contributed by atoms with Gasteiger partial charge in [-0.2, -0.15) is 0 Å². The van der Waals surface area contributed by atoms with E-state index in [9.17, 15) is 92.0 Å². The normalized spacial score (nSPS) is 18.1. The van der Waals surface area contributed by atoms with Gasteiger partial charge in [0.2, 0.25) is 82.7 Å². The van der Waals surface area contributed by atoms with Crippen molar-refractivity contribution in [2.24, 2.45) is 85.6 Å². The molecule has 132 heavy (non-hydrogen) atoms. The number of amides is 14. The molecule has 0 aromatic carbocycles. The van der Waals surface area contributed by atoms with Crippen molar-refractivity contribution in [3.63, 3.8) is 0 Å². The van der Waals surface area contributed by atoms with E-state index in [1.54, 1.807) is 48.5 Å². The fourth-order valence-corrected chi connectivity index (χ4v) is 16.0. The first-order chi connectivity index (χ1) is 62.1. The minimum absolute atomic E-state index is 0.0148. The first-order valence-corrected chi connectivity index (χ1v) is 46.6. The van der Waals surface area contributed by atoms with Crippen molar-refractivity contribution >= 4 is 118 Å². The maximum absolute atomic E-state index is 15.0. The number of nitrogens with one attached hydrogen (secondary N) is 13. The zero-order valence-electron chi connectivity index (χ0n) is 78.8. The second-order valence-electron chi connectivity index (χ2n) is 36.4. The second kappa shape index (κ2) is 59.5. The van der Waals surface area contributed by atoms with Crippen LogP contribution in [-0.2, 0) is 81.5 Å². The average molecular weight is 1870 g/mol. The molecule has 3 fully saturated rings. The number of carboxylic acids is 2. The van der Waals surface area contributed by atoms with Crippen LogP contribution in [0.2, 0.25) is 0 Å². The second-order valence-corrected chi connectivity index (χ2v) is 36.4. The number of nitrogens with two attached hydrogens (primary N) is 7. The zero-order chi connectivity index (χ0) is 99.3. The monoisotopic (exact) mass is 1870 g/mol. The van der Waals surface area contributed by atoms with E-state index in [4.69, 9.17) is 50.7 Å². The molecule has 748 valence electrons. The third-order valence-corrected chi connectivity index (χ3v) is 23.6. The maximum Gasteiger partial charge on any atom is 0.326 e. The van der Waals surface area contributed by atoms with Crippen LogP contribution in [-0.4, -0.2) is 284 Å². The number of carbonyl (C=O) groups excluding carboxylic acids is 15. The number of unbranched alkanes of at least 4 members (excludes halogenated alkanes) is 2. The van der Waals surface area contributed by atoms with Gasteiger partial charge in [0, 0.05) is 51.4 Å². The number of ketones is 1. The van der Waals surface area contributed by atoms with Gasteiger partial charge < -0.3 is 134 Å². The molecule has 2 aliphatic heterocycles. The Morgan fingerprint density at radius 3 is 1.38 bits per heavy atom. The Balaban J connectivity index is 1.91. The number of likely N-dealkylation sites (tertiary alicyclic amines) is 2. The summed E-state index contributed by atoms with van der Waals surface area (Å²) < 4.78 is 0. The van der Waals surface area contributed by atoms with Crippen LogP contribution in [0.25, 0.3) is 0 Å². The van der Waals surface area contributed by atoms with Crippen LogP contribution in [0.3, 0.4) is 0 Å². The topological polar surface area (TPSA) is 753 Å². The summed E-state index contributed by atoms with van der Waals surface area (Å²) in [5.41, 5.74) is 39.5. The summed E-state index contributed by atoms with van der Waals surface area (Å²) in [6, 6.07) is -20.7. The van der Waals surface area contributed by atoms with Gasteiger partial charge in [0.15, 0.2) is 17.7 Å². The van der Waals surface area contributed by atoms with Crippen LogP contribution in [0.15, 0.2) is 9.98 Å². The lowest BCUT2D eigenvalue weighted by Crippen LogP contribution is -2.62. The number of hydrogen-bond acceptors (Lipinski definition) is 24. The highest BCUT2D eigenvalue weighted by Crippen LogP contribution is 2.30. The number of aliphatic hydroxyl groups excluding tert-OH is 2. The molecule has 14 amide bonds. The Morgan fingerprint density at radius 2 is 0.879 bits per heavy atom. The molecule has 31 N–H and O–H groups in total. The van der Waals surface area contributed by atoms with Gasteiger partial charge in [0.25, 0.3) is 0 Å². The molecule has 1 aliphatic carbocycles. The van der Waals surface area contributed by atoms with Crippen LogP contribution >= 0.6 is 0 Å². The summed E-state index contributed by atoms with van der Waals surface area (Å²) in [6.07, 6.45) is 4.28. The number of amidine groups is 1. The third kappa shape index (κ3) is 41.4. The van der Waals surface area contributed by atoms with Crippen molar-refractivity contribution in [2.75, 3.05) is 39.3 Å². The van der Waals surface area contributed by atoms with Crippen molar-refractivity contribution in [1.82, 2.24) is 73.6 Å². The summed E-state index contributed by atoms with van der Waals surface area (Å²) in [5, 5.41) is 80.3. The van der Waals surface area contributed by atoms with Crippen molar-refractivity contribution < 1.29 is 102 Å². The number of hydrogen-bond donors (Lipinski definition) is 24. The summed E-state index contributed by atoms with van der Waals surface area (Å²) in [4.78, 5) is 249. The van der Waals surface area contributed by atoms with Gasteiger partial charge in [-0.05, 0) is 172 Å². The molecule has 0 spiro atoms. The lowest BCUT2D eigenvalue weighted by molar-refractivity contribution is -0.145. The fourth-order valence-electron chi connectivity index (χ4n) is 16.0. The minimum Gasteiger partial charge on any atom is -0.481 e. The highest BCUT2D eigenvalue weighted by atomic mass is 16.4. The van der Waals surface area contributed by atoms with Gasteiger partial charge in [-0.1, -0.05) is 100 Å². The van der Waals surface area contributed by atoms with E-state index in [1.807, 2.05) is 6.92 Å². The Labute approximate surface area is 773 Å². The maximum atomic E-state index is 15.0. The molecule has 0 aromatic heterocycles. The van der Waals surface area contributed by atoms with E-state index in [1.165, 1.54) is 23.6 Å². The number of carbonyl (C=O) groups is 17. The largest absolute Gasteiger partial charge is 0.481 e. The first kappa shape index (κ1) is 115. The molecule has 1 saturated carbocycles. The fraction of sp³-hybridized carbons (Fsp3) is 0.770. The third-order valence-electron chi connectivity index (χ3n) is 23.6. The van der Waals surface area contributed by atoms with Gasteiger partial charge in [-0.15, -0.1) is 0 Å². The molecule has 45 heteroatoms. The van der Waals surface area contributed by atoms with Crippen LogP contribution in [0, 0.1) is 40.9 Å². The highest BCUT2D eigenvalue weighted by molar-refractivity contribution is 6.01. The van der Waals surface area contributed by atoms with Crippen LogP contribution in [0.1, 0.15) is 256 Å². The van der Waals surface area contributed by atoms with Gasteiger partial charge in [0.05, 0.1) is 30.6 Å². The number of aliphatic hydroxyl groups is 2. The Bertz CT molecular complexity index is 3890. The van der Waals surface area contributed by atoms with Gasteiger partial charge in [-0.3, -0.25) is 92.1 Å². The molecule has 45 nitrogen and oxygen atoms in total. The number of carboxylic acid groups (broad SMARTS) is 2. The van der Waals surface area contributed by atoms with Crippen molar-refractivity contribution in [1.29, 1.82) is 5.41 Å². The van der Waals surface area contributed by atoms with E-state index in [0.717, 1.165) is 39.0 Å². The summed E-state index contributed by atoms with van der Waals surface area (Å²) >= 11 is 0. The predicted molar refractivity (Wildman–Crippen MR) is 490 cm³/mol. The lowest BCUT2D eigenvalue weighted by atomic mass is 9.84. The van der Waals surface area contributed by atoms with Crippen LogP contribution in [0.5, 0.6) is 0 Å². The van der Waals surface area contributed by atoms with Crippen molar-refractivity contribution in [3.05, 3.63) is 0 Å². The van der Waals surface area contributed by atoms with Gasteiger partial charge in [0.1, 0.15) is 78.5 Å². The summed E-state index contributed by atoms with van der Waals surface area (Å²) in [5.74, 6) is -18.1. The van der Waals surface area contributed by atoms with Crippen LogP contribution < -0.4 is 104 Å².